The highest BCUT2D eigenvalue weighted by Crippen LogP contribution is 2.43. The fourth-order valence-corrected chi connectivity index (χ4v) is 14.8. The molecule has 0 saturated carbocycles. The molecule has 0 unspecified atom stereocenters. The van der Waals surface area contributed by atoms with E-state index in [4.69, 9.17) is 39.9 Å². The Morgan fingerprint density at radius 3 is 0.990 bits per heavy atom. The van der Waals surface area contributed by atoms with Crippen molar-refractivity contribution in [2.75, 3.05) is 0 Å². The summed E-state index contributed by atoms with van der Waals surface area (Å²) in [6.07, 6.45) is 1.94. The summed E-state index contributed by atoms with van der Waals surface area (Å²) in [5.74, 6) is 2.81. The molecule has 18 aromatic rings. The molecule has 8 nitrogen and oxygen atoms in total. The lowest BCUT2D eigenvalue weighted by atomic mass is 9.98. The maximum atomic E-state index is 5.28. The minimum atomic E-state index is 0.680. The Bertz CT molecular complexity index is 5840. The van der Waals surface area contributed by atoms with E-state index < -0.39 is 0 Å². The normalized spacial score (nSPS) is 11.3. The van der Waals surface area contributed by atoms with E-state index in [0.717, 1.165) is 132 Å². The van der Waals surface area contributed by atoms with E-state index in [2.05, 4.69) is 237 Å². The van der Waals surface area contributed by atoms with Gasteiger partial charge in [0.25, 0.3) is 0 Å². The van der Waals surface area contributed by atoms with Crippen LogP contribution in [0.3, 0.4) is 0 Å². The summed E-state index contributed by atoms with van der Waals surface area (Å²) in [5.41, 5.74) is 20.2. The molecule has 460 valence electrons. The van der Waals surface area contributed by atoms with Gasteiger partial charge >= 0.3 is 0 Å². The van der Waals surface area contributed by atoms with E-state index in [9.17, 15) is 0 Å². The van der Waals surface area contributed by atoms with Crippen LogP contribution in [0.5, 0.6) is 0 Å². The van der Waals surface area contributed by atoms with Crippen molar-refractivity contribution in [1.29, 1.82) is 0 Å². The molecular formula is C88H56N8S2. The third-order valence-corrected chi connectivity index (χ3v) is 19.7. The molecule has 6 heterocycles. The summed E-state index contributed by atoms with van der Waals surface area (Å²) in [6, 6.07) is 115. The maximum Gasteiger partial charge on any atom is 0.161 e. The maximum absolute atomic E-state index is 5.28. The number of aromatic nitrogens is 8. The van der Waals surface area contributed by atoms with E-state index in [1.165, 1.54) is 20.3 Å². The SMILES string of the molecule is c1ccc(-c2cccc(-c3nc(-c4ccc(-c5cnc(-c6ccccc6)nc5-c5ccccc5)cc4)c4c(n3)sc3ccccc34)c2)cc1.c1ccc(-c2cccc(-c3nc(-c4ccc(-c5nc(-c6ccccc6)cc(-c6ccccc6)n5)cc4)c4c(n3)sc3ccccc34)c2)cc1. The number of benzene rings is 12. The quantitative estimate of drug-likeness (QED) is 0.119. The topological polar surface area (TPSA) is 103 Å². The van der Waals surface area contributed by atoms with Crippen molar-refractivity contribution in [3.05, 3.63) is 340 Å². The zero-order valence-electron chi connectivity index (χ0n) is 52.7. The standard InChI is InChI=1S/2C44H28N4S/c1-4-13-29(14-5-1)34-19-12-20-35(27-34)43-47-41(39-36-21-10-11-22-38(36)49-44(39)48-43)32-25-23-30(24-26-32)37-28-45-42(33-17-8-3-9-18-33)46-40(37)31-15-6-2-7-16-31;1-4-13-29(14-5-1)34-19-12-20-35(27-34)43-47-41(40-36-21-10-11-22-39(36)49-44(40)48-43)32-23-25-33(26-24-32)42-45-37(30-15-6-2-7-16-30)28-38(46-42)31-17-8-3-9-18-31/h2*1-28H. The Morgan fingerprint density at radius 1 is 0.204 bits per heavy atom. The lowest BCUT2D eigenvalue weighted by molar-refractivity contribution is 1.18. The molecule has 0 saturated heterocycles. The fourth-order valence-electron chi connectivity index (χ4n) is 12.7. The molecule has 98 heavy (non-hydrogen) atoms. The molecule has 0 spiro atoms. The van der Waals surface area contributed by atoms with Crippen molar-refractivity contribution in [3.8, 4) is 135 Å². The number of nitrogens with zero attached hydrogens (tertiary/aromatic N) is 8. The number of hydrogen-bond donors (Lipinski definition) is 0. The molecule has 12 aromatic carbocycles. The third kappa shape index (κ3) is 11.9. The first-order chi connectivity index (χ1) is 48.5. The van der Waals surface area contributed by atoms with Crippen molar-refractivity contribution >= 4 is 63.3 Å². The summed E-state index contributed by atoms with van der Waals surface area (Å²) >= 11 is 3.42. The van der Waals surface area contributed by atoms with Crippen LogP contribution >= 0.6 is 22.7 Å². The molecule has 0 aliphatic carbocycles. The van der Waals surface area contributed by atoms with Gasteiger partial charge < -0.3 is 0 Å². The largest absolute Gasteiger partial charge is 0.236 e. The second kappa shape index (κ2) is 26.3. The minimum Gasteiger partial charge on any atom is -0.236 e. The Balaban J connectivity index is 0.000000147. The molecule has 0 aliphatic rings. The van der Waals surface area contributed by atoms with Gasteiger partial charge in [0.05, 0.1) is 28.5 Å². The van der Waals surface area contributed by atoms with Gasteiger partial charge in [-0.3, -0.25) is 0 Å². The molecule has 0 aliphatic heterocycles. The van der Waals surface area contributed by atoms with Crippen molar-refractivity contribution in [3.63, 3.8) is 0 Å². The number of fused-ring (bicyclic) bond motifs is 6. The third-order valence-electron chi connectivity index (χ3n) is 17.6. The van der Waals surface area contributed by atoms with Crippen molar-refractivity contribution in [1.82, 2.24) is 39.9 Å². The predicted octanol–water partition coefficient (Wildman–Crippen LogP) is 23.3. The van der Waals surface area contributed by atoms with E-state index >= 15 is 0 Å². The highest BCUT2D eigenvalue weighted by molar-refractivity contribution is 7.26. The Morgan fingerprint density at radius 2 is 0.531 bits per heavy atom. The van der Waals surface area contributed by atoms with Gasteiger partial charge in [0.1, 0.15) is 9.66 Å². The lowest BCUT2D eigenvalue weighted by Gasteiger charge is -2.12. The van der Waals surface area contributed by atoms with Crippen LogP contribution in [-0.2, 0) is 0 Å². The average molecular weight is 1290 g/mol. The summed E-state index contributed by atoms with van der Waals surface area (Å²) in [6.45, 7) is 0. The zero-order valence-corrected chi connectivity index (χ0v) is 54.4. The second-order valence-electron chi connectivity index (χ2n) is 23.8. The van der Waals surface area contributed by atoms with Crippen LogP contribution in [0.2, 0.25) is 0 Å². The van der Waals surface area contributed by atoms with Gasteiger partial charge in [0.15, 0.2) is 23.3 Å². The molecule has 0 radical (unpaired) electrons. The highest BCUT2D eigenvalue weighted by atomic mass is 32.1. The first-order valence-corrected chi connectivity index (χ1v) is 34.1. The molecule has 0 bridgehead atoms. The zero-order chi connectivity index (χ0) is 65.1. The summed E-state index contributed by atoms with van der Waals surface area (Å²) in [4.78, 5) is 42.7. The lowest BCUT2D eigenvalue weighted by Crippen LogP contribution is -1.96. The summed E-state index contributed by atoms with van der Waals surface area (Å²) in [7, 11) is 0. The molecular weight excluding hydrogens is 1230 g/mol. The second-order valence-corrected chi connectivity index (χ2v) is 25.8. The first kappa shape index (κ1) is 59.2. The van der Waals surface area contributed by atoms with Gasteiger partial charge in [-0.1, -0.05) is 303 Å². The fraction of sp³-hybridized carbons (Fsp3) is 0. The van der Waals surface area contributed by atoms with Crippen LogP contribution < -0.4 is 0 Å². The predicted molar refractivity (Wildman–Crippen MR) is 406 cm³/mol. The van der Waals surface area contributed by atoms with Crippen LogP contribution in [0.1, 0.15) is 0 Å². The van der Waals surface area contributed by atoms with Gasteiger partial charge in [0.2, 0.25) is 0 Å². The Labute approximate surface area is 574 Å². The number of thiophene rings is 2. The average Bonchev–Trinajstić information content (AvgIpc) is 1.57. The van der Waals surface area contributed by atoms with Crippen LogP contribution in [0.4, 0.5) is 0 Å². The van der Waals surface area contributed by atoms with Crippen molar-refractivity contribution in [2.45, 2.75) is 0 Å². The van der Waals surface area contributed by atoms with Gasteiger partial charge in [-0.15, -0.1) is 22.7 Å². The van der Waals surface area contributed by atoms with E-state index in [1.807, 2.05) is 103 Å². The summed E-state index contributed by atoms with van der Waals surface area (Å²) < 4.78 is 2.39. The number of rotatable bonds is 12. The van der Waals surface area contributed by atoms with E-state index in [0.29, 0.717) is 23.3 Å². The summed E-state index contributed by atoms with van der Waals surface area (Å²) in [5, 5.41) is 4.49. The van der Waals surface area contributed by atoms with Gasteiger partial charge in [-0.05, 0) is 58.1 Å². The van der Waals surface area contributed by atoms with Crippen molar-refractivity contribution < 1.29 is 0 Å². The van der Waals surface area contributed by atoms with Crippen LogP contribution in [0, 0.1) is 0 Å². The van der Waals surface area contributed by atoms with Gasteiger partial charge in [0, 0.05) is 92.8 Å². The van der Waals surface area contributed by atoms with Crippen LogP contribution in [0.25, 0.3) is 176 Å². The molecule has 0 atom stereocenters. The molecule has 6 aromatic heterocycles. The van der Waals surface area contributed by atoms with Crippen LogP contribution in [0.15, 0.2) is 340 Å². The number of hydrogen-bond acceptors (Lipinski definition) is 10. The Kier molecular flexibility index (Phi) is 15.9. The smallest absolute Gasteiger partial charge is 0.161 e. The van der Waals surface area contributed by atoms with E-state index in [1.54, 1.807) is 22.7 Å². The van der Waals surface area contributed by atoms with E-state index in [-0.39, 0.29) is 0 Å². The van der Waals surface area contributed by atoms with Crippen molar-refractivity contribution in [2.24, 2.45) is 0 Å². The molecule has 10 heteroatoms. The minimum absolute atomic E-state index is 0.680. The monoisotopic (exact) mass is 1290 g/mol. The molecule has 0 amide bonds. The molecule has 0 fully saturated rings. The van der Waals surface area contributed by atoms with Crippen LogP contribution in [-0.4, -0.2) is 39.9 Å². The highest BCUT2D eigenvalue weighted by Gasteiger charge is 2.21. The molecule has 18 rings (SSSR count). The van der Waals surface area contributed by atoms with Gasteiger partial charge in [-0.25, -0.2) is 39.9 Å². The van der Waals surface area contributed by atoms with Gasteiger partial charge in [-0.2, -0.15) is 0 Å². The first-order valence-electron chi connectivity index (χ1n) is 32.4. The Hall–Kier alpha value is -12.6. The molecule has 0 N–H and O–H groups in total.